The summed E-state index contributed by atoms with van der Waals surface area (Å²) in [6.07, 6.45) is 2.62. The molecule has 1 amide bonds. The van der Waals surface area contributed by atoms with Crippen LogP contribution < -0.4 is 10.1 Å². The molecule has 0 aliphatic rings. The normalized spacial score (nSPS) is 12.7. The minimum absolute atomic E-state index is 0.106. The van der Waals surface area contributed by atoms with E-state index in [2.05, 4.69) is 44.7 Å². The minimum atomic E-state index is -0.614. The van der Waals surface area contributed by atoms with Crippen molar-refractivity contribution in [1.82, 2.24) is 10.3 Å². The van der Waals surface area contributed by atoms with Gasteiger partial charge in [0.25, 0.3) is 5.91 Å². The number of para-hydroxylation sites is 1. The molecule has 1 aromatic heterocycles. The highest BCUT2D eigenvalue weighted by atomic mass is 127. The molecule has 1 heterocycles. The first-order chi connectivity index (χ1) is 13.0. The van der Waals surface area contributed by atoms with Gasteiger partial charge >= 0.3 is 0 Å². The fourth-order valence-electron chi connectivity index (χ4n) is 2.45. The van der Waals surface area contributed by atoms with Crippen LogP contribution in [-0.4, -0.2) is 48.8 Å². The van der Waals surface area contributed by atoms with Crippen molar-refractivity contribution in [2.45, 2.75) is 18.9 Å². The van der Waals surface area contributed by atoms with Crippen LogP contribution in [-0.2, 0) is 9.53 Å². The molecule has 0 aliphatic carbocycles. The number of pyridine rings is 1. The van der Waals surface area contributed by atoms with Crippen molar-refractivity contribution in [1.29, 1.82) is 0 Å². The molecule has 144 valence electrons. The molecule has 5 nitrogen and oxygen atoms in total. The van der Waals surface area contributed by atoms with Gasteiger partial charge in [0, 0.05) is 24.7 Å². The summed E-state index contributed by atoms with van der Waals surface area (Å²) >= 11 is 3.80. The zero-order valence-corrected chi connectivity index (χ0v) is 18.6. The number of halogens is 1. The summed E-state index contributed by atoms with van der Waals surface area (Å²) in [5.74, 6) is 7.13. The van der Waals surface area contributed by atoms with E-state index in [9.17, 15) is 4.79 Å². The van der Waals surface area contributed by atoms with Crippen molar-refractivity contribution in [3.8, 4) is 17.7 Å². The maximum absolute atomic E-state index is 12.4. The standard InChI is InChI=1S/C20H23IN2O3S/c1-20(14-27-3,10-6-7-11-25-2)23-18(24)13-26-19-16(21)12-15-8-4-5-9-17(15)22-19/h4-5,8-9,12H,7,11,13-14H2,1-3H3,(H,23,24). The first-order valence-electron chi connectivity index (χ1n) is 8.44. The van der Waals surface area contributed by atoms with Crippen LogP contribution in [0.5, 0.6) is 5.88 Å². The number of carbonyl (C=O) groups excluding carboxylic acids is 1. The molecule has 0 saturated heterocycles. The number of hydrogen-bond donors (Lipinski definition) is 1. The Labute approximate surface area is 178 Å². The summed E-state index contributed by atoms with van der Waals surface area (Å²) in [6, 6.07) is 9.80. The summed E-state index contributed by atoms with van der Waals surface area (Å²) < 4.78 is 11.5. The highest BCUT2D eigenvalue weighted by Crippen LogP contribution is 2.23. The molecule has 27 heavy (non-hydrogen) atoms. The molecule has 1 atom stereocenters. The van der Waals surface area contributed by atoms with E-state index in [1.807, 2.05) is 43.5 Å². The van der Waals surface area contributed by atoms with E-state index >= 15 is 0 Å². The van der Waals surface area contributed by atoms with Crippen LogP contribution in [0.4, 0.5) is 0 Å². The van der Waals surface area contributed by atoms with Crippen LogP contribution >= 0.6 is 34.4 Å². The Bertz CT molecular complexity index is 850. The fourth-order valence-corrected chi connectivity index (χ4v) is 3.79. The molecule has 1 aromatic carbocycles. The zero-order valence-electron chi connectivity index (χ0n) is 15.7. The molecule has 0 aliphatic heterocycles. The average Bonchev–Trinajstić information content (AvgIpc) is 2.64. The number of rotatable bonds is 8. The second-order valence-corrected chi connectivity index (χ2v) is 8.14. The lowest BCUT2D eigenvalue weighted by molar-refractivity contribution is -0.124. The molecule has 0 radical (unpaired) electrons. The van der Waals surface area contributed by atoms with Crippen LogP contribution in [0.1, 0.15) is 13.3 Å². The third-order valence-corrected chi connectivity index (χ3v) is 5.27. The number of benzene rings is 1. The van der Waals surface area contributed by atoms with Crippen LogP contribution in [0.3, 0.4) is 0 Å². The third-order valence-electron chi connectivity index (χ3n) is 3.63. The van der Waals surface area contributed by atoms with Crippen molar-refractivity contribution < 1.29 is 14.3 Å². The predicted molar refractivity (Wildman–Crippen MR) is 119 cm³/mol. The van der Waals surface area contributed by atoms with Gasteiger partial charge in [-0.3, -0.25) is 4.79 Å². The number of fused-ring (bicyclic) bond motifs is 1. The Hall–Kier alpha value is -1.50. The second-order valence-electron chi connectivity index (χ2n) is 6.11. The third kappa shape index (κ3) is 6.87. The molecule has 0 bridgehead atoms. The number of amides is 1. The molecular weight excluding hydrogens is 475 g/mol. The molecule has 2 rings (SSSR count). The van der Waals surface area contributed by atoms with Gasteiger partial charge in [0.05, 0.1) is 15.7 Å². The maximum Gasteiger partial charge on any atom is 0.259 e. The smallest absolute Gasteiger partial charge is 0.259 e. The van der Waals surface area contributed by atoms with Gasteiger partial charge in [0.1, 0.15) is 5.54 Å². The van der Waals surface area contributed by atoms with Crippen LogP contribution in [0, 0.1) is 15.4 Å². The zero-order chi connectivity index (χ0) is 19.7. The number of nitrogens with one attached hydrogen (secondary N) is 1. The molecular formula is C20H23IN2O3S. The van der Waals surface area contributed by atoms with E-state index in [0.717, 1.165) is 14.5 Å². The van der Waals surface area contributed by atoms with Gasteiger partial charge in [-0.2, -0.15) is 11.8 Å². The lowest BCUT2D eigenvalue weighted by Gasteiger charge is -2.24. The van der Waals surface area contributed by atoms with Crippen LogP contribution in [0.25, 0.3) is 10.9 Å². The number of aromatic nitrogens is 1. The number of methoxy groups -OCH3 is 1. The molecule has 1 unspecified atom stereocenters. The Kier molecular flexibility index (Phi) is 8.67. The SMILES string of the molecule is COCCC#CC(C)(CSC)NC(=O)COc1nc2ccccc2cc1I. The van der Waals surface area contributed by atoms with Gasteiger partial charge in [-0.1, -0.05) is 30.0 Å². The number of carbonyl (C=O) groups is 1. The molecule has 1 N–H and O–H groups in total. The number of nitrogens with zero attached hydrogens (tertiary/aromatic N) is 1. The van der Waals surface area contributed by atoms with Crippen molar-refractivity contribution in [2.24, 2.45) is 0 Å². The summed E-state index contributed by atoms with van der Waals surface area (Å²) in [5, 5.41) is 4.01. The van der Waals surface area contributed by atoms with Gasteiger partial charge in [-0.05, 0) is 47.9 Å². The van der Waals surface area contributed by atoms with Gasteiger partial charge in [-0.25, -0.2) is 4.98 Å². The number of ether oxygens (including phenoxy) is 2. The highest BCUT2D eigenvalue weighted by Gasteiger charge is 2.23. The number of thioether (sulfide) groups is 1. The Balaban J connectivity index is 2.01. The van der Waals surface area contributed by atoms with Crippen molar-refractivity contribution in [3.63, 3.8) is 0 Å². The van der Waals surface area contributed by atoms with Crippen LogP contribution in [0.2, 0.25) is 0 Å². The summed E-state index contributed by atoms with van der Waals surface area (Å²) in [7, 11) is 1.64. The topological polar surface area (TPSA) is 60.5 Å². The van der Waals surface area contributed by atoms with Gasteiger partial charge < -0.3 is 14.8 Å². The monoisotopic (exact) mass is 498 g/mol. The minimum Gasteiger partial charge on any atom is -0.467 e. The predicted octanol–water partition coefficient (Wildman–Crippen LogP) is 3.50. The largest absolute Gasteiger partial charge is 0.467 e. The van der Waals surface area contributed by atoms with Gasteiger partial charge in [0.15, 0.2) is 6.61 Å². The first-order valence-corrected chi connectivity index (χ1v) is 10.9. The van der Waals surface area contributed by atoms with Crippen molar-refractivity contribution in [3.05, 3.63) is 33.9 Å². The van der Waals surface area contributed by atoms with E-state index < -0.39 is 5.54 Å². The quantitative estimate of drug-likeness (QED) is 0.343. The second kappa shape index (κ2) is 10.7. The van der Waals surface area contributed by atoms with Crippen molar-refractivity contribution in [2.75, 3.05) is 32.3 Å². The Morgan fingerprint density at radius 3 is 2.93 bits per heavy atom. The Morgan fingerprint density at radius 2 is 2.19 bits per heavy atom. The summed E-state index contributed by atoms with van der Waals surface area (Å²) in [6.45, 7) is 2.38. The summed E-state index contributed by atoms with van der Waals surface area (Å²) in [5.41, 5.74) is 0.224. The van der Waals surface area contributed by atoms with Crippen LogP contribution in [0.15, 0.2) is 30.3 Å². The lowest BCUT2D eigenvalue weighted by Crippen LogP contribution is -2.48. The van der Waals surface area contributed by atoms with E-state index in [1.54, 1.807) is 18.9 Å². The average molecular weight is 498 g/mol. The molecule has 0 saturated carbocycles. The fraction of sp³-hybridized carbons (Fsp3) is 0.400. The van der Waals surface area contributed by atoms with E-state index in [-0.39, 0.29) is 12.5 Å². The van der Waals surface area contributed by atoms with E-state index in [4.69, 9.17) is 9.47 Å². The molecule has 2 aromatic rings. The maximum atomic E-state index is 12.4. The lowest BCUT2D eigenvalue weighted by atomic mass is 10.1. The highest BCUT2D eigenvalue weighted by molar-refractivity contribution is 14.1. The Morgan fingerprint density at radius 1 is 1.41 bits per heavy atom. The molecule has 7 heteroatoms. The van der Waals surface area contributed by atoms with Gasteiger partial charge in [-0.15, -0.1) is 0 Å². The van der Waals surface area contributed by atoms with E-state index in [0.29, 0.717) is 24.7 Å². The summed E-state index contributed by atoms with van der Waals surface area (Å²) in [4.78, 5) is 16.9. The van der Waals surface area contributed by atoms with Crippen molar-refractivity contribution >= 4 is 51.2 Å². The van der Waals surface area contributed by atoms with E-state index in [1.165, 1.54) is 0 Å². The van der Waals surface area contributed by atoms with Gasteiger partial charge in [0.2, 0.25) is 5.88 Å². The molecule has 0 spiro atoms. The number of hydrogen-bond acceptors (Lipinski definition) is 5. The molecule has 0 fully saturated rings. The first kappa shape index (κ1) is 21.8.